The van der Waals surface area contributed by atoms with Crippen molar-refractivity contribution in [3.8, 4) is 0 Å². The molecule has 0 aliphatic heterocycles. The molecule has 0 saturated carbocycles. The standard InChI is InChI=1S/C16H25NO/c1-11-10-13(16(3,4)5)7-8-14(11)15(18)9-6-12(2)17/h7-8,10,12H,6,9,17H2,1-5H3. The lowest BCUT2D eigenvalue weighted by molar-refractivity contribution is 0.0977. The molecule has 0 spiro atoms. The molecule has 1 rings (SSSR count). The zero-order valence-electron chi connectivity index (χ0n) is 12.2. The Labute approximate surface area is 111 Å². The van der Waals surface area contributed by atoms with Crippen LogP contribution in [0.4, 0.5) is 0 Å². The van der Waals surface area contributed by atoms with Crippen LogP contribution in [0.1, 0.15) is 62.0 Å². The van der Waals surface area contributed by atoms with Crippen LogP contribution in [0.3, 0.4) is 0 Å². The number of nitrogens with two attached hydrogens (primary N) is 1. The van der Waals surface area contributed by atoms with Gasteiger partial charge in [-0.05, 0) is 36.8 Å². The van der Waals surface area contributed by atoms with Gasteiger partial charge in [0, 0.05) is 18.0 Å². The van der Waals surface area contributed by atoms with E-state index in [1.807, 2.05) is 19.9 Å². The van der Waals surface area contributed by atoms with Gasteiger partial charge in [0.05, 0.1) is 0 Å². The van der Waals surface area contributed by atoms with Crippen molar-refractivity contribution in [1.82, 2.24) is 0 Å². The summed E-state index contributed by atoms with van der Waals surface area (Å²) >= 11 is 0. The Morgan fingerprint density at radius 1 is 1.33 bits per heavy atom. The molecule has 0 saturated heterocycles. The summed E-state index contributed by atoms with van der Waals surface area (Å²) in [7, 11) is 0. The van der Waals surface area contributed by atoms with Gasteiger partial charge >= 0.3 is 0 Å². The number of Topliss-reactive ketones (excluding diaryl/α,β-unsaturated/α-hetero) is 1. The van der Waals surface area contributed by atoms with E-state index in [4.69, 9.17) is 5.73 Å². The fourth-order valence-electron chi connectivity index (χ4n) is 1.94. The van der Waals surface area contributed by atoms with Crippen molar-refractivity contribution in [3.05, 3.63) is 34.9 Å². The molecular weight excluding hydrogens is 222 g/mol. The molecule has 0 aromatic heterocycles. The van der Waals surface area contributed by atoms with Gasteiger partial charge in [-0.2, -0.15) is 0 Å². The number of benzene rings is 1. The predicted octanol–water partition coefficient (Wildman–Crippen LogP) is 3.60. The molecule has 0 amide bonds. The monoisotopic (exact) mass is 247 g/mol. The molecule has 1 aromatic rings. The van der Waals surface area contributed by atoms with Crippen LogP contribution in [0.5, 0.6) is 0 Å². The number of hydrogen-bond acceptors (Lipinski definition) is 2. The van der Waals surface area contributed by atoms with Crippen LogP contribution >= 0.6 is 0 Å². The van der Waals surface area contributed by atoms with Gasteiger partial charge in [-0.25, -0.2) is 0 Å². The van der Waals surface area contributed by atoms with E-state index in [0.29, 0.717) is 6.42 Å². The van der Waals surface area contributed by atoms with E-state index in [9.17, 15) is 4.79 Å². The van der Waals surface area contributed by atoms with Crippen molar-refractivity contribution in [3.63, 3.8) is 0 Å². The quantitative estimate of drug-likeness (QED) is 0.826. The minimum Gasteiger partial charge on any atom is -0.328 e. The highest BCUT2D eigenvalue weighted by atomic mass is 16.1. The molecule has 0 aliphatic rings. The van der Waals surface area contributed by atoms with Crippen LogP contribution in [-0.2, 0) is 5.41 Å². The van der Waals surface area contributed by atoms with Crippen molar-refractivity contribution in [2.75, 3.05) is 0 Å². The first-order valence-corrected chi connectivity index (χ1v) is 6.61. The second-order valence-electron chi connectivity index (χ2n) is 6.22. The lowest BCUT2D eigenvalue weighted by atomic mass is 9.84. The molecule has 0 heterocycles. The molecule has 2 N–H and O–H groups in total. The maximum Gasteiger partial charge on any atom is 0.163 e. The van der Waals surface area contributed by atoms with E-state index in [0.717, 1.165) is 17.5 Å². The number of carbonyl (C=O) groups is 1. The first-order chi connectivity index (χ1) is 8.21. The summed E-state index contributed by atoms with van der Waals surface area (Å²) < 4.78 is 0. The van der Waals surface area contributed by atoms with Gasteiger partial charge < -0.3 is 5.73 Å². The van der Waals surface area contributed by atoms with E-state index in [1.165, 1.54) is 5.56 Å². The Kier molecular flexibility index (Phi) is 4.69. The highest BCUT2D eigenvalue weighted by molar-refractivity contribution is 5.97. The largest absolute Gasteiger partial charge is 0.328 e. The second-order valence-corrected chi connectivity index (χ2v) is 6.22. The summed E-state index contributed by atoms with van der Waals surface area (Å²) in [4.78, 5) is 12.1. The molecule has 0 aliphatic carbocycles. The fraction of sp³-hybridized carbons (Fsp3) is 0.562. The Morgan fingerprint density at radius 2 is 1.94 bits per heavy atom. The minimum atomic E-state index is 0.0862. The van der Waals surface area contributed by atoms with E-state index < -0.39 is 0 Å². The summed E-state index contributed by atoms with van der Waals surface area (Å²) in [6, 6.07) is 6.23. The van der Waals surface area contributed by atoms with Gasteiger partial charge in [-0.15, -0.1) is 0 Å². The third-order valence-electron chi connectivity index (χ3n) is 3.22. The highest BCUT2D eigenvalue weighted by Crippen LogP contribution is 2.25. The maximum absolute atomic E-state index is 12.1. The second kappa shape index (κ2) is 5.66. The fourth-order valence-corrected chi connectivity index (χ4v) is 1.94. The average Bonchev–Trinajstić information content (AvgIpc) is 2.24. The van der Waals surface area contributed by atoms with E-state index in [2.05, 4.69) is 32.9 Å². The first-order valence-electron chi connectivity index (χ1n) is 6.61. The maximum atomic E-state index is 12.1. The molecule has 2 nitrogen and oxygen atoms in total. The molecule has 0 fully saturated rings. The average molecular weight is 247 g/mol. The van der Waals surface area contributed by atoms with Crippen LogP contribution in [0.2, 0.25) is 0 Å². The molecule has 1 aromatic carbocycles. The lowest BCUT2D eigenvalue weighted by Gasteiger charge is -2.20. The van der Waals surface area contributed by atoms with Crippen LogP contribution in [0.15, 0.2) is 18.2 Å². The van der Waals surface area contributed by atoms with E-state index in [-0.39, 0.29) is 17.2 Å². The number of rotatable bonds is 4. The summed E-state index contributed by atoms with van der Waals surface area (Å²) in [5, 5.41) is 0. The Morgan fingerprint density at radius 3 is 2.39 bits per heavy atom. The van der Waals surface area contributed by atoms with Crippen molar-refractivity contribution < 1.29 is 4.79 Å². The highest BCUT2D eigenvalue weighted by Gasteiger charge is 2.16. The van der Waals surface area contributed by atoms with Crippen LogP contribution in [0.25, 0.3) is 0 Å². The van der Waals surface area contributed by atoms with Crippen molar-refractivity contribution >= 4 is 5.78 Å². The number of aryl methyl sites for hydroxylation is 1. The lowest BCUT2D eigenvalue weighted by Crippen LogP contribution is -2.17. The molecular formula is C16H25NO. The minimum absolute atomic E-state index is 0.0862. The SMILES string of the molecule is Cc1cc(C(C)(C)C)ccc1C(=O)CCC(C)N. The topological polar surface area (TPSA) is 43.1 Å². The third-order valence-corrected chi connectivity index (χ3v) is 3.22. The third kappa shape index (κ3) is 3.95. The van der Waals surface area contributed by atoms with Crippen LogP contribution < -0.4 is 5.73 Å². The molecule has 2 heteroatoms. The summed E-state index contributed by atoms with van der Waals surface area (Å²) in [6.07, 6.45) is 1.28. The molecule has 1 unspecified atom stereocenters. The van der Waals surface area contributed by atoms with Crippen molar-refractivity contribution in [2.24, 2.45) is 5.73 Å². The Bertz CT molecular complexity index is 427. The summed E-state index contributed by atoms with van der Waals surface area (Å²) in [5.74, 6) is 0.199. The molecule has 0 bridgehead atoms. The Hall–Kier alpha value is -1.15. The Balaban J connectivity index is 2.89. The zero-order valence-corrected chi connectivity index (χ0v) is 12.2. The number of ketones is 1. The smallest absolute Gasteiger partial charge is 0.163 e. The van der Waals surface area contributed by atoms with Gasteiger partial charge in [-0.1, -0.05) is 39.0 Å². The van der Waals surface area contributed by atoms with Gasteiger partial charge in [0.25, 0.3) is 0 Å². The molecule has 1 atom stereocenters. The normalized spacial score (nSPS) is 13.4. The van der Waals surface area contributed by atoms with Crippen LogP contribution in [-0.4, -0.2) is 11.8 Å². The van der Waals surface area contributed by atoms with Gasteiger partial charge in [0.15, 0.2) is 5.78 Å². The van der Waals surface area contributed by atoms with Gasteiger partial charge in [-0.3, -0.25) is 4.79 Å². The molecule has 0 radical (unpaired) electrons. The summed E-state index contributed by atoms with van der Waals surface area (Å²) in [5.41, 5.74) is 8.98. The van der Waals surface area contributed by atoms with Gasteiger partial charge in [0.1, 0.15) is 0 Å². The predicted molar refractivity (Wildman–Crippen MR) is 77.1 cm³/mol. The first kappa shape index (κ1) is 14.9. The van der Waals surface area contributed by atoms with Crippen LogP contribution in [0, 0.1) is 6.92 Å². The van der Waals surface area contributed by atoms with Gasteiger partial charge in [0.2, 0.25) is 0 Å². The van der Waals surface area contributed by atoms with E-state index >= 15 is 0 Å². The van der Waals surface area contributed by atoms with Crippen molar-refractivity contribution in [2.45, 2.75) is 58.9 Å². The number of carbonyl (C=O) groups excluding carboxylic acids is 1. The molecule has 100 valence electrons. The zero-order chi connectivity index (χ0) is 13.9. The molecule has 18 heavy (non-hydrogen) atoms. The van der Waals surface area contributed by atoms with Crippen molar-refractivity contribution in [1.29, 1.82) is 0 Å². The summed E-state index contributed by atoms with van der Waals surface area (Å²) in [6.45, 7) is 10.5. The van der Waals surface area contributed by atoms with E-state index in [1.54, 1.807) is 0 Å². The number of hydrogen-bond donors (Lipinski definition) is 1.